The predicted molar refractivity (Wildman–Crippen MR) is 110 cm³/mol. The summed E-state index contributed by atoms with van der Waals surface area (Å²) in [5, 5.41) is 2.99. The second-order valence-electron chi connectivity index (χ2n) is 7.43. The maximum absolute atomic E-state index is 12.7. The van der Waals surface area contributed by atoms with E-state index in [9.17, 15) is 9.59 Å². The van der Waals surface area contributed by atoms with Gasteiger partial charge in [-0.15, -0.1) is 0 Å². The van der Waals surface area contributed by atoms with Crippen LogP contribution in [0.4, 0.5) is 0 Å². The maximum Gasteiger partial charge on any atom is 0.271 e. The smallest absolute Gasteiger partial charge is 0.271 e. The van der Waals surface area contributed by atoms with Gasteiger partial charge in [0.1, 0.15) is 11.5 Å². The van der Waals surface area contributed by atoms with Gasteiger partial charge in [0.2, 0.25) is 0 Å². The molecular weight excluding hydrogens is 368 g/mol. The zero-order valence-corrected chi connectivity index (χ0v) is 16.6. The Morgan fingerprint density at radius 1 is 1.28 bits per heavy atom. The van der Waals surface area contributed by atoms with Crippen LogP contribution in [0.5, 0.6) is 0 Å². The van der Waals surface area contributed by atoms with Gasteiger partial charge in [-0.1, -0.05) is 30.3 Å². The third kappa shape index (κ3) is 4.14. The number of amides is 1. The third-order valence-electron chi connectivity index (χ3n) is 5.09. The second-order valence-corrected chi connectivity index (χ2v) is 7.43. The molecule has 7 heteroatoms. The standard InChI is InChI=1S/C22H24N4O3/c1-15-10-17(12-25(2)22(15)28)20-24-19(21(27)23-18-8-9-29-14-18)13-26(20)11-16-6-4-3-5-7-16/h3-7,10,12-13,18H,8-9,11,14H2,1-2H3,(H,23,27). The van der Waals surface area contributed by atoms with Gasteiger partial charge in [0, 0.05) is 43.7 Å². The number of ether oxygens (including phenoxy) is 1. The van der Waals surface area contributed by atoms with Gasteiger partial charge in [-0.25, -0.2) is 4.98 Å². The van der Waals surface area contributed by atoms with Crippen LogP contribution in [0.2, 0.25) is 0 Å². The largest absolute Gasteiger partial charge is 0.379 e. The highest BCUT2D eigenvalue weighted by Crippen LogP contribution is 2.21. The molecule has 3 aromatic rings. The first-order valence-electron chi connectivity index (χ1n) is 9.68. The van der Waals surface area contributed by atoms with Crippen LogP contribution in [-0.4, -0.2) is 39.3 Å². The minimum atomic E-state index is -0.213. The van der Waals surface area contributed by atoms with Crippen LogP contribution in [0, 0.1) is 6.92 Å². The number of pyridine rings is 1. The number of nitrogens with zero attached hydrogens (tertiary/aromatic N) is 3. The molecule has 0 radical (unpaired) electrons. The summed E-state index contributed by atoms with van der Waals surface area (Å²) in [7, 11) is 1.72. The fraction of sp³-hybridized carbons (Fsp3) is 0.318. The number of nitrogens with one attached hydrogen (secondary N) is 1. The lowest BCUT2D eigenvalue weighted by molar-refractivity contribution is 0.0925. The lowest BCUT2D eigenvalue weighted by atomic mass is 10.2. The van der Waals surface area contributed by atoms with Gasteiger partial charge >= 0.3 is 0 Å². The van der Waals surface area contributed by atoms with E-state index in [1.54, 1.807) is 30.9 Å². The summed E-state index contributed by atoms with van der Waals surface area (Å²) < 4.78 is 8.83. The van der Waals surface area contributed by atoms with E-state index < -0.39 is 0 Å². The second kappa shape index (κ2) is 8.05. The van der Waals surface area contributed by atoms with Crippen molar-refractivity contribution in [2.24, 2.45) is 7.05 Å². The highest BCUT2D eigenvalue weighted by molar-refractivity contribution is 5.93. The summed E-state index contributed by atoms with van der Waals surface area (Å²) in [4.78, 5) is 29.5. The van der Waals surface area contributed by atoms with E-state index in [-0.39, 0.29) is 17.5 Å². The zero-order chi connectivity index (χ0) is 20.4. The normalized spacial score (nSPS) is 16.1. The van der Waals surface area contributed by atoms with Gasteiger partial charge in [-0.2, -0.15) is 0 Å². The van der Waals surface area contributed by atoms with E-state index in [2.05, 4.69) is 10.3 Å². The summed E-state index contributed by atoms with van der Waals surface area (Å²) in [5.74, 6) is 0.440. The number of hydrogen-bond acceptors (Lipinski definition) is 4. The van der Waals surface area contributed by atoms with Crippen LogP contribution >= 0.6 is 0 Å². The molecule has 4 rings (SSSR count). The quantitative estimate of drug-likeness (QED) is 0.722. The van der Waals surface area contributed by atoms with E-state index >= 15 is 0 Å². The first-order valence-corrected chi connectivity index (χ1v) is 9.68. The van der Waals surface area contributed by atoms with Crippen molar-refractivity contribution in [2.45, 2.75) is 25.9 Å². The molecule has 1 aliphatic rings. The molecule has 1 amide bonds. The minimum Gasteiger partial charge on any atom is -0.379 e. The fourth-order valence-corrected chi connectivity index (χ4v) is 3.56. The number of aryl methyl sites for hydroxylation is 2. The van der Waals surface area contributed by atoms with Gasteiger partial charge in [0.15, 0.2) is 0 Å². The van der Waals surface area contributed by atoms with Crippen LogP contribution in [0.25, 0.3) is 11.4 Å². The van der Waals surface area contributed by atoms with Crippen LogP contribution in [-0.2, 0) is 18.3 Å². The van der Waals surface area contributed by atoms with E-state index in [4.69, 9.17) is 4.74 Å². The number of carbonyl (C=O) groups is 1. The molecule has 0 bridgehead atoms. The molecule has 150 valence electrons. The topological polar surface area (TPSA) is 78.2 Å². The lowest BCUT2D eigenvalue weighted by Crippen LogP contribution is -2.35. The molecule has 29 heavy (non-hydrogen) atoms. The molecule has 1 unspecified atom stereocenters. The van der Waals surface area contributed by atoms with Crippen LogP contribution < -0.4 is 10.9 Å². The van der Waals surface area contributed by atoms with Gasteiger partial charge < -0.3 is 19.2 Å². The molecular formula is C22H24N4O3. The first kappa shape index (κ1) is 19.1. The Kier molecular flexibility index (Phi) is 5.31. The van der Waals surface area contributed by atoms with E-state index in [0.717, 1.165) is 17.5 Å². The molecule has 1 aromatic carbocycles. The van der Waals surface area contributed by atoms with Crippen LogP contribution in [0.1, 0.15) is 28.0 Å². The molecule has 1 atom stereocenters. The zero-order valence-electron chi connectivity index (χ0n) is 16.6. The van der Waals surface area contributed by atoms with Crippen molar-refractivity contribution in [3.8, 4) is 11.4 Å². The molecule has 1 saturated heterocycles. The monoisotopic (exact) mass is 392 g/mol. The summed E-state index contributed by atoms with van der Waals surface area (Å²) in [6.07, 6.45) is 4.34. The maximum atomic E-state index is 12.7. The average Bonchev–Trinajstić information content (AvgIpc) is 3.36. The van der Waals surface area contributed by atoms with Crippen molar-refractivity contribution in [2.75, 3.05) is 13.2 Å². The lowest BCUT2D eigenvalue weighted by Gasteiger charge is -2.10. The Balaban J connectivity index is 1.72. The molecule has 0 saturated carbocycles. The van der Waals surface area contributed by atoms with Crippen molar-refractivity contribution in [1.82, 2.24) is 19.4 Å². The van der Waals surface area contributed by atoms with Gasteiger partial charge in [0.05, 0.1) is 12.6 Å². The number of benzene rings is 1. The number of imidazole rings is 1. The summed E-state index contributed by atoms with van der Waals surface area (Å²) >= 11 is 0. The number of rotatable bonds is 5. The highest BCUT2D eigenvalue weighted by Gasteiger charge is 2.22. The average molecular weight is 392 g/mol. The van der Waals surface area contributed by atoms with E-state index in [0.29, 0.717) is 36.8 Å². The van der Waals surface area contributed by atoms with Crippen molar-refractivity contribution >= 4 is 5.91 Å². The molecule has 1 fully saturated rings. The van der Waals surface area contributed by atoms with Gasteiger partial charge in [-0.05, 0) is 25.0 Å². The molecule has 3 heterocycles. The summed E-state index contributed by atoms with van der Waals surface area (Å²) in [6, 6.07) is 11.8. The number of hydrogen-bond donors (Lipinski definition) is 1. The Morgan fingerprint density at radius 3 is 2.76 bits per heavy atom. The molecule has 1 N–H and O–H groups in total. The summed E-state index contributed by atoms with van der Waals surface area (Å²) in [5.41, 5.74) is 2.84. The third-order valence-corrected chi connectivity index (χ3v) is 5.09. The predicted octanol–water partition coefficient (Wildman–Crippen LogP) is 2.12. The molecule has 1 aliphatic heterocycles. The molecule has 7 nitrogen and oxygen atoms in total. The van der Waals surface area contributed by atoms with Crippen molar-refractivity contribution < 1.29 is 9.53 Å². The van der Waals surface area contributed by atoms with Gasteiger partial charge in [-0.3, -0.25) is 9.59 Å². The van der Waals surface area contributed by atoms with Crippen LogP contribution in [0.3, 0.4) is 0 Å². The first-order chi connectivity index (χ1) is 14.0. The van der Waals surface area contributed by atoms with Crippen molar-refractivity contribution in [3.63, 3.8) is 0 Å². The van der Waals surface area contributed by atoms with Crippen molar-refractivity contribution in [3.05, 3.63) is 76.0 Å². The van der Waals surface area contributed by atoms with Gasteiger partial charge in [0.25, 0.3) is 11.5 Å². The van der Waals surface area contributed by atoms with E-state index in [1.165, 1.54) is 0 Å². The highest BCUT2D eigenvalue weighted by atomic mass is 16.5. The molecule has 0 spiro atoms. The minimum absolute atomic E-state index is 0.0185. The molecule has 0 aliphatic carbocycles. The number of carbonyl (C=O) groups excluding carboxylic acids is 1. The Bertz CT molecular complexity index is 1050. The summed E-state index contributed by atoms with van der Waals surface area (Å²) in [6.45, 7) is 3.55. The van der Waals surface area contributed by atoms with Crippen LogP contribution in [0.15, 0.2) is 53.6 Å². The van der Waals surface area contributed by atoms with E-state index in [1.807, 2.05) is 41.0 Å². The fourth-order valence-electron chi connectivity index (χ4n) is 3.56. The Morgan fingerprint density at radius 2 is 2.07 bits per heavy atom. The number of aromatic nitrogens is 3. The Labute approximate surface area is 169 Å². The van der Waals surface area contributed by atoms with Crippen molar-refractivity contribution in [1.29, 1.82) is 0 Å². The Hall–Kier alpha value is -3.19. The SMILES string of the molecule is Cc1cc(-c2nc(C(=O)NC3CCOC3)cn2Cc2ccccc2)cn(C)c1=O. The molecule has 2 aromatic heterocycles.